The SMILES string of the molecule is CSc1cccc(NC(=O)c2ccc3ccccc3c2)c1. The number of rotatable bonds is 3. The number of anilines is 1. The molecule has 104 valence electrons. The fourth-order valence-corrected chi connectivity index (χ4v) is 2.69. The second-order valence-electron chi connectivity index (χ2n) is 4.75. The van der Waals surface area contributed by atoms with E-state index in [1.165, 1.54) is 0 Å². The van der Waals surface area contributed by atoms with Crippen molar-refractivity contribution >= 4 is 34.1 Å². The molecule has 0 saturated heterocycles. The van der Waals surface area contributed by atoms with Gasteiger partial charge in [0.05, 0.1) is 0 Å². The standard InChI is InChI=1S/C18H15NOS/c1-21-17-8-4-7-16(12-17)19-18(20)15-10-9-13-5-2-3-6-14(13)11-15/h2-12H,1H3,(H,19,20). The van der Waals surface area contributed by atoms with Crippen LogP contribution in [0.25, 0.3) is 10.8 Å². The van der Waals surface area contributed by atoms with Gasteiger partial charge in [-0.1, -0.05) is 36.4 Å². The fourth-order valence-electron chi connectivity index (χ4n) is 2.23. The predicted molar refractivity (Wildman–Crippen MR) is 90.1 cm³/mol. The van der Waals surface area contributed by atoms with E-state index in [-0.39, 0.29) is 5.91 Å². The topological polar surface area (TPSA) is 29.1 Å². The van der Waals surface area contributed by atoms with Crippen molar-refractivity contribution in [3.05, 3.63) is 72.3 Å². The number of fused-ring (bicyclic) bond motifs is 1. The summed E-state index contributed by atoms with van der Waals surface area (Å²) in [7, 11) is 0. The molecular weight excluding hydrogens is 278 g/mol. The summed E-state index contributed by atoms with van der Waals surface area (Å²) in [5.41, 5.74) is 1.49. The summed E-state index contributed by atoms with van der Waals surface area (Å²) in [5.74, 6) is -0.0843. The van der Waals surface area contributed by atoms with Gasteiger partial charge in [-0.25, -0.2) is 0 Å². The van der Waals surface area contributed by atoms with Gasteiger partial charge in [0.25, 0.3) is 5.91 Å². The molecule has 1 N–H and O–H groups in total. The van der Waals surface area contributed by atoms with Gasteiger partial charge in [-0.2, -0.15) is 0 Å². The van der Waals surface area contributed by atoms with Gasteiger partial charge in [-0.3, -0.25) is 4.79 Å². The summed E-state index contributed by atoms with van der Waals surface area (Å²) in [6.45, 7) is 0. The number of nitrogens with one attached hydrogen (secondary N) is 1. The van der Waals surface area contributed by atoms with Crippen molar-refractivity contribution in [3.8, 4) is 0 Å². The Morgan fingerprint density at radius 2 is 1.71 bits per heavy atom. The molecule has 0 aromatic heterocycles. The Labute approximate surface area is 128 Å². The number of hydrogen-bond donors (Lipinski definition) is 1. The minimum Gasteiger partial charge on any atom is -0.322 e. The van der Waals surface area contributed by atoms with E-state index in [1.807, 2.05) is 73.0 Å². The van der Waals surface area contributed by atoms with Crippen LogP contribution in [0.2, 0.25) is 0 Å². The van der Waals surface area contributed by atoms with Crippen LogP contribution in [-0.2, 0) is 0 Å². The maximum absolute atomic E-state index is 12.3. The lowest BCUT2D eigenvalue weighted by molar-refractivity contribution is 0.102. The average molecular weight is 293 g/mol. The van der Waals surface area contributed by atoms with E-state index in [0.29, 0.717) is 5.56 Å². The third-order valence-corrected chi connectivity index (χ3v) is 4.06. The first-order chi connectivity index (χ1) is 10.3. The molecule has 0 unspecified atom stereocenters. The van der Waals surface area contributed by atoms with Crippen molar-refractivity contribution in [2.75, 3.05) is 11.6 Å². The van der Waals surface area contributed by atoms with Crippen molar-refractivity contribution in [3.63, 3.8) is 0 Å². The summed E-state index contributed by atoms with van der Waals surface area (Å²) in [6.07, 6.45) is 2.02. The number of thioether (sulfide) groups is 1. The molecule has 2 nitrogen and oxygen atoms in total. The minimum atomic E-state index is -0.0843. The van der Waals surface area contributed by atoms with Crippen molar-refractivity contribution in [1.29, 1.82) is 0 Å². The lowest BCUT2D eigenvalue weighted by atomic mass is 10.1. The molecule has 0 fully saturated rings. The molecule has 0 aliphatic carbocycles. The summed E-state index contributed by atoms with van der Waals surface area (Å²) in [4.78, 5) is 13.5. The number of carbonyl (C=O) groups is 1. The van der Waals surface area contributed by atoms with Gasteiger partial charge < -0.3 is 5.32 Å². The van der Waals surface area contributed by atoms with Crippen LogP contribution in [0, 0.1) is 0 Å². The Kier molecular flexibility index (Phi) is 3.93. The van der Waals surface area contributed by atoms with Crippen molar-refractivity contribution in [1.82, 2.24) is 0 Å². The smallest absolute Gasteiger partial charge is 0.255 e. The summed E-state index contributed by atoms with van der Waals surface area (Å²) in [5, 5.41) is 5.16. The molecule has 3 aromatic carbocycles. The summed E-state index contributed by atoms with van der Waals surface area (Å²) >= 11 is 1.66. The van der Waals surface area contributed by atoms with Crippen molar-refractivity contribution in [2.24, 2.45) is 0 Å². The Morgan fingerprint density at radius 1 is 0.905 bits per heavy atom. The van der Waals surface area contributed by atoms with Gasteiger partial charge in [-0.15, -0.1) is 11.8 Å². The number of amides is 1. The first-order valence-corrected chi connectivity index (χ1v) is 7.93. The van der Waals surface area contributed by atoms with Gasteiger partial charge in [0.15, 0.2) is 0 Å². The van der Waals surface area contributed by atoms with Crippen LogP contribution < -0.4 is 5.32 Å². The Morgan fingerprint density at radius 3 is 2.52 bits per heavy atom. The maximum atomic E-state index is 12.3. The highest BCUT2D eigenvalue weighted by atomic mass is 32.2. The highest BCUT2D eigenvalue weighted by molar-refractivity contribution is 7.98. The average Bonchev–Trinajstić information content (AvgIpc) is 2.54. The maximum Gasteiger partial charge on any atom is 0.255 e. The predicted octanol–water partition coefficient (Wildman–Crippen LogP) is 4.81. The molecule has 0 aliphatic heterocycles. The normalized spacial score (nSPS) is 10.5. The molecule has 21 heavy (non-hydrogen) atoms. The van der Waals surface area contributed by atoms with Crippen LogP contribution in [0.5, 0.6) is 0 Å². The molecule has 3 heteroatoms. The summed E-state index contributed by atoms with van der Waals surface area (Å²) < 4.78 is 0. The highest BCUT2D eigenvalue weighted by Crippen LogP contribution is 2.20. The Bertz CT molecular complexity index is 798. The van der Waals surface area contributed by atoms with E-state index in [1.54, 1.807) is 11.8 Å². The Hall–Kier alpha value is -2.26. The van der Waals surface area contributed by atoms with Crippen LogP contribution in [0.15, 0.2) is 71.6 Å². The highest BCUT2D eigenvalue weighted by Gasteiger charge is 2.07. The molecular formula is C18H15NOS. The van der Waals surface area contributed by atoms with E-state index in [9.17, 15) is 4.79 Å². The van der Waals surface area contributed by atoms with Crippen LogP contribution in [-0.4, -0.2) is 12.2 Å². The molecule has 0 aliphatic rings. The van der Waals surface area contributed by atoms with E-state index in [4.69, 9.17) is 0 Å². The fraction of sp³-hybridized carbons (Fsp3) is 0.0556. The van der Waals surface area contributed by atoms with Gasteiger partial charge in [0, 0.05) is 16.1 Å². The third kappa shape index (κ3) is 3.09. The van der Waals surface area contributed by atoms with Crippen molar-refractivity contribution in [2.45, 2.75) is 4.90 Å². The van der Waals surface area contributed by atoms with E-state index in [2.05, 4.69) is 5.32 Å². The molecule has 3 rings (SSSR count). The molecule has 0 spiro atoms. The first-order valence-electron chi connectivity index (χ1n) is 6.70. The van der Waals surface area contributed by atoms with E-state index < -0.39 is 0 Å². The molecule has 0 radical (unpaired) electrons. The second-order valence-corrected chi connectivity index (χ2v) is 5.63. The van der Waals surface area contributed by atoms with Gasteiger partial charge in [-0.05, 0) is 47.4 Å². The Balaban J connectivity index is 1.86. The second kappa shape index (κ2) is 6.02. The zero-order chi connectivity index (χ0) is 14.7. The molecule has 0 bridgehead atoms. The van der Waals surface area contributed by atoms with Crippen molar-refractivity contribution < 1.29 is 4.79 Å². The first kappa shape index (κ1) is 13.7. The monoisotopic (exact) mass is 293 g/mol. The molecule has 0 heterocycles. The molecule has 0 saturated carbocycles. The molecule has 0 atom stereocenters. The largest absolute Gasteiger partial charge is 0.322 e. The lowest BCUT2D eigenvalue weighted by Crippen LogP contribution is -2.11. The zero-order valence-corrected chi connectivity index (χ0v) is 12.5. The van der Waals surface area contributed by atoms with E-state index >= 15 is 0 Å². The van der Waals surface area contributed by atoms with Crippen LogP contribution in [0.1, 0.15) is 10.4 Å². The minimum absolute atomic E-state index is 0.0843. The van der Waals surface area contributed by atoms with Gasteiger partial charge >= 0.3 is 0 Å². The number of carbonyl (C=O) groups excluding carboxylic acids is 1. The number of hydrogen-bond acceptors (Lipinski definition) is 2. The van der Waals surface area contributed by atoms with Gasteiger partial charge in [0.1, 0.15) is 0 Å². The quantitative estimate of drug-likeness (QED) is 0.702. The molecule has 1 amide bonds. The third-order valence-electron chi connectivity index (χ3n) is 3.34. The lowest BCUT2D eigenvalue weighted by Gasteiger charge is -2.07. The number of benzene rings is 3. The van der Waals surface area contributed by atoms with Crippen LogP contribution in [0.4, 0.5) is 5.69 Å². The molecule has 3 aromatic rings. The van der Waals surface area contributed by atoms with Crippen LogP contribution >= 0.6 is 11.8 Å². The van der Waals surface area contributed by atoms with E-state index in [0.717, 1.165) is 21.4 Å². The van der Waals surface area contributed by atoms with Crippen LogP contribution in [0.3, 0.4) is 0 Å². The zero-order valence-electron chi connectivity index (χ0n) is 11.7. The summed E-state index contributed by atoms with van der Waals surface area (Å²) in [6, 6.07) is 21.6. The van der Waals surface area contributed by atoms with Gasteiger partial charge in [0.2, 0.25) is 0 Å².